The minimum atomic E-state index is -0.881. The number of ether oxygens (including phenoxy) is 1. The second kappa shape index (κ2) is 22.3. The number of imidazole rings is 4. The number of nitrogens with zero attached hydrogens (tertiary/aromatic N) is 12. The highest BCUT2D eigenvalue weighted by Crippen LogP contribution is 2.33. The van der Waals surface area contributed by atoms with Gasteiger partial charge in [-0.1, -0.05) is 86.6 Å². The van der Waals surface area contributed by atoms with E-state index in [2.05, 4.69) is 64.4 Å². The van der Waals surface area contributed by atoms with Crippen molar-refractivity contribution >= 4 is 111 Å². The lowest BCUT2D eigenvalue weighted by Crippen LogP contribution is -2.27. The molecule has 0 aliphatic carbocycles. The maximum atomic E-state index is 10.3. The van der Waals surface area contributed by atoms with Crippen molar-refractivity contribution in [1.82, 2.24) is 58.1 Å². The van der Waals surface area contributed by atoms with Crippen LogP contribution in [0, 0.1) is 12.8 Å². The first kappa shape index (κ1) is 56.2. The molecular formula is C60H72N16O4. The number of aromatic nitrogens is 12. The fourth-order valence-corrected chi connectivity index (χ4v) is 10.00. The lowest BCUT2D eigenvalue weighted by molar-refractivity contribution is 0.0581. The molecule has 20 nitrogen and oxygen atoms in total. The quantitative estimate of drug-likeness (QED) is 0.0634. The van der Waals surface area contributed by atoms with E-state index in [9.17, 15) is 15.3 Å². The van der Waals surface area contributed by atoms with Crippen LogP contribution in [0.5, 0.6) is 0 Å². The smallest absolute Gasteiger partial charge is 0.152 e. The Morgan fingerprint density at radius 1 is 0.475 bits per heavy atom. The summed E-state index contributed by atoms with van der Waals surface area (Å²) in [5.41, 5.74) is 31.6. The summed E-state index contributed by atoms with van der Waals surface area (Å²) >= 11 is 0. The second-order valence-corrected chi connectivity index (χ2v) is 22.4. The first-order chi connectivity index (χ1) is 37.9. The molecule has 0 saturated heterocycles. The zero-order valence-corrected chi connectivity index (χ0v) is 47.1. The minimum absolute atomic E-state index is 0.370. The molecule has 0 bridgehead atoms. The normalized spacial score (nSPS) is 12.2. The monoisotopic (exact) mass is 1080 g/mol. The molecule has 0 aliphatic heterocycles. The van der Waals surface area contributed by atoms with Crippen molar-refractivity contribution in [1.29, 1.82) is 0 Å². The number of anilines is 4. The number of rotatable bonds is 11. The molecule has 0 fully saturated rings. The van der Waals surface area contributed by atoms with Crippen LogP contribution in [0.2, 0.25) is 0 Å². The Kier molecular flexibility index (Phi) is 15.7. The first-order valence-corrected chi connectivity index (χ1v) is 26.7. The van der Waals surface area contributed by atoms with E-state index < -0.39 is 16.8 Å². The van der Waals surface area contributed by atoms with Gasteiger partial charge in [-0.05, 0) is 85.6 Å². The number of para-hydroxylation sites is 4. The topological polar surface area (TPSA) is 297 Å². The number of hydrogen-bond acceptors (Lipinski definition) is 16. The summed E-state index contributed by atoms with van der Waals surface area (Å²) in [6.45, 7) is 22.1. The molecule has 12 aromatic rings. The van der Waals surface area contributed by atoms with Gasteiger partial charge in [0.2, 0.25) is 0 Å². The van der Waals surface area contributed by atoms with Crippen LogP contribution in [0.1, 0.15) is 74.0 Å². The van der Waals surface area contributed by atoms with Crippen molar-refractivity contribution in [2.75, 3.05) is 29.5 Å². The molecule has 0 radical (unpaired) electrons. The van der Waals surface area contributed by atoms with Crippen LogP contribution in [-0.4, -0.2) is 96.9 Å². The minimum Gasteiger partial charge on any atom is -0.389 e. The Labute approximate surface area is 463 Å². The van der Waals surface area contributed by atoms with Gasteiger partial charge in [-0.15, -0.1) is 0 Å². The fraction of sp³-hybridized carbons (Fsp3) is 0.333. The molecule has 8 heterocycles. The maximum Gasteiger partial charge on any atom is 0.152 e. The van der Waals surface area contributed by atoms with Crippen molar-refractivity contribution in [3.05, 3.63) is 121 Å². The van der Waals surface area contributed by atoms with Crippen LogP contribution >= 0.6 is 0 Å². The van der Waals surface area contributed by atoms with E-state index in [0.29, 0.717) is 78.6 Å². The molecular weight excluding hydrogens is 1010 g/mol. The average molecular weight is 1080 g/mol. The van der Waals surface area contributed by atoms with E-state index in [1.807, 2.05) is 125 Å². The van der Waals surface area contributed by atoms with Gasteiger partial charge < -0.3 is 61.3 Å². The van der Waals surface area contributed by atoms with Gasteiger partial charge >= 0.3 is 0 Å². The highest BCUT2D eigenvalue weighted by Gasteiger charge is 2.24. The summed E-state index contributed by atoms with van der Waals surface area (Å²) in [7, 11) is 0. The molecule has 0 unspecified atom stereocenters. The van der Waals surface area contributed by atoms with Gasteiger partial charge in [0.25, 0.3) is 0 Å². The third-order valence-corrected chi connectivity index (χ3v) is 13.1. The van der Waals surface area contributed by atoms with Crippen molar-refractivity contribution < 1.29 is 20.1 Å². The van der Waals surface area contributed by atoms with E-state index in [4.69, 9.17) is 27.7 Å². The molecule has 80 heavy (non-hydrogen) atoms. The Balaban J connectivity index is 0.000000130. The zero-order chi connectivity index (χ0) is 57.4. The number of aliphatic hydroxyl groups is 3. The Morgan fingerprint density at radius 2 is 0.838 bits per heavy atom. The lowest BCUT2D eigenvalue weighted by atomic mass is 10.1. The molecule has 11 N–H and O–H groups in total. The number of hydrogen-bond donors (Lipinski definition) is 7. The molecule has 0 aliphatic rings. The predicted molar refractivity (Wildman–Crippen MR) is 322 cm³/mol. The van der Waals surface area contributed by atoms with Crippen LogP contribution in [-0.2, 0) is 37.5 Å². The molecule has 416 valence electrons. The van der Waals surface area contributed by atoms with Crippen LogP contribution in [0.4, 0.5) is 23.3 Å². The number of nitrogens with two attached hydrogens (primary N) is 4. The molecule has 0 amide bonds. The summed E-state index contributed by atoms with van der Waals surface area (Å²) in [6.07, 6.45) is 3.56. The Bertz CT molecular complexity index is 4190. The van der Waals surface area contributed by atoms with E-state index in [0.717, 1.165) is 89.4 Å². The van der Waals surface area contributed by atoms with Gasteiger partial charge in [-0.25, -0.2) is 39.9 Å². The van der Waals surface area contributed by atoms with Gasteiger partial charge in [0, 0.05) is 34.7 Å². The molecule has 12 rings (SSSR count). The maximum absolute atomic E-state index is 10.3. The van der Waals surface area contributed by atoms with Gasteiger partial charge in [0.05, 0.1) is 93.2 Å². The van der Waals surface area contributed by atoms with Crippen molar-refractivity contribution in [2.24, 2.45) is 5.92 Å². The third kappa shape index (κ3) is 12.0. The van der Waals surface area contributed by atoms with E-state index >= 15 is 0 Å². The van der Waals surface area contributed by atoms with Crippen LogP contribution in [0.25, 0.3) is 87.7 Å². The zero-order valence-electron chi connectivity index (χ0n) is 47.1. The molecule has 0 saturated carbocycles. The van der Waals surface area contributed by atoms with Crippen LogP contribution < -0.4 is 22.9 Å². The van der Waals surface area contributed by atoms with Gasteiger partial charge in [-0.3, -0.25) is 0 Å². The van der Waals surface area contributed by atoms with E-state index in [1.54, 1.807) is 47.9 Å². The van der Waals surface area contributed by atoms with Gasteiger partial charge in [0.15, 0.2) is 23.3 Å². The third-order valence-electron chi connectivity index (χ3n) is 13.1. The number of benzene rings is 4. The van der Waals surface area contributed by atoms with Gasteiger partial charge in [-0.2, -0.15) is 0 Å². The Hall–Kier alpha value is -8.56. The average Bonchev–Trinajstić information content (AvgIpc) is 4.34. The molecule has 4 aromatic carbocycles. The molecule has 20 heteroatoms. The summed E-state index contributed by atoms with van der Waals surface area (Å²) in [5.74, 6) is 3.88. The summed E-state index contributed by atoms with van der Waals surface area (Å²) in [6, 6.07) is 31.5. The van der Waals surface area contributed by atoms with Crippen LogP contribution in [0.3, 0.4) is 0 Å². The highest BCUT2D eigenvalue weighted by atomic mass is 16.5. The molecule has 0 atom stereocenters. The Morgan fingerprint density at radius 3 is 1.26 bits per heavy atom. The number of pyridine rings is 4. The van der Waals surface area contributed by atoms with Crippen molar-refractivity contribution in [2.45, 2.75) is 119 Å². The fourth-order valence-electron chi connectivity index (χ4n) is 10.00. The predicted octanol–water partition coefficient (Wildman–Crippen LogP) is 9.48. The highest BCUT2D eigenvalue weighted by molar-refractivity contribution is 6.09. The number of aryl methyl sites for hydroxylation is 1. The summed E-state index contributed by atoms with van der Waals surface area (Å²) in [4.78, 5) is 35.4. The first-order valence-electron chi connectivity index (χ1n) is 26.7. The van der Waals surface area contributed by atoms with Crippen molar-refractivity contribution in [3.63, 3.8) is 0 Å². The van der Waals surface area contributed by atoms with E-state index in [-0.39, 0.29) is 0 Å². The second-order valence-electron chi connectivity index (χ2n) is 22.4. The summed E-state index contributed by atoms with van der Waals surface area (Å²) < 4.78 is 13.6. The van der Waals surface area contributed by atoms with E-state index in [1.165, 1.54) is 0 Å². The number of nitrogen functional groups attached to an aromatic ring is 4. The molecule has 0 spiro atoms. The standard InChI is InChI=1S/C17H22N4O2.C15H18N4O.C14H16N4O.C14H16N4/c1-4-23-9-13-20-14-15(21(13)10-17(2,3)22)11-7-5-6-8-12(11)19-16(14)18;1-9-17-12-13(19(9)8-15(2,3)20)10-6-4-5-7-11(10)18-14(12)16;1-14(2,19)7-18-8-16-11-12(18)9-5-3-4-6-10(9)17-13(11)15;1-9(2)7-18-8-16-12-13(18)10-5-3-4-6-11(10)17-14(12)15/h5-8,22H,4,9-10H2,1-3H3,(H2,18,19);4-7,20H,8H2,1-3H3,(H2,16,18);3-6,8,19H,7H2,1-2H3,(H2,15,17);3-6,8-9H,7H2,1-2H3,(H2,15,17). The lowest BCUT2D eigenvalue weighted by Gasteiger charge is -2.20. The van der Waals surface area contributed by atoms with Gasteiger partial charge in [0.1, 0.15) is 40.3 Å². The van der Waals surface area contributed by atoms with Crippen LogP contribution in [0.15, 0.2) is 110 Å². The van der Waals surface area contributed by atoms with Crippen molar-refractivity contribution in [3.8, 4) is 0 Å². The summed E-state index contributed by atoms with van der Waals surface area (Å²) in [5, 5.41) is 34.5. The SMILES string of the molecule is CC(C)(O)Cn1cnc2c(N)nc3ccccc3c21.CC(C)Cn1cnc2c(N)nc3ccccc3c21.CCOCc1nc2c(N)nc3ccccc3c2n1CC(C)(C)O.Cc1nc2c(N)nc3ccccc3c2n1CC(C)(C)O. The number of fused-ring (bicyclic) bond motifs is 12. The largest absolute Gasteiger partial charge is 0.389 e. The molecule has 8 aromatic heterocycles.